The van der Waals surface area contributed by atoms with Crippen LogP contribution in [0.25, 0.3) is 0 Å². The van der Waals surface area contributed by atoms with Gasteiger partial charge in [0, 0.05) is 12.2 Å². The molecule has 0 unspecified atom stereocenters. The summed E-state index contributed by atoms with van der Waals surface area (Å²) < 4.78 is 27.8. The van der Waals surface area contributed by atoms with Crippen molar-refractivity contribution in [3.8, 4) is 0 Å². The number of ether oxygens (including phenoxy) is 1. The molecule has 1 rings (SSSR count). The third kappa shape index (κ3) is 5.32. The number of hydrogen-bond acceptors (Lipinski definition) is 5. The summed E-state index contributed by atoms with van der Waals surface area (Å²) in [4.78, 5) is 2.22. The van der Waals surface area contributed by atoms with Crippen molar-refractivity contribution in [3.63, 3.8) is 0 Å². The van der Waals surface area contributed by atoms with E-state index in [4.69, 9.17) is 17.0 Å². The summed E-state index contributed by atoms with van der Waals surface area (Å²) in [5, 5.41) is 3.06. The predicted octanol–water partition coefficient (Wildman–Crippen LogP) is 0.532. The average molecular weight is 292 g/mol. The van der Waals surface area contributed by atoms with E-state index < -0.39 is 9.84 Å². The van der Waals surface area contributed by atoms with Crippen molar-refractivity contribution < 1.29 is 13.2 Å². The van der Waals surface area contributed by atoms with Gasteiger partial charge in [0.25, 0.3) is 5.17 Å². The highest BCUT2D eigenvalue weighted by atomic mass is 32.2. The second-order valence-electron chi connectivity index (χ2n) is 4.07. The molecular formula is C11H20N2O3S2. The third-order valence-corrected chi connectivity index (χ3v) is 4.40. The summed E-state index contributed by atoms with van der Waals surface area (Å²) in [6, 6.07) is 0. The summed E-state index contributed by atoms with van der Waals surface area (Å²) in [6.45, 7) is 7.45. The number of sulfone groups is 1. The fraction of sp³-hybridized carbons (Fsp3) is 0.727. The van der Waals surface area contributed by atoms with Crippen molar-refractivity contribution in [2.24, 2.45) is 0 Å². The summed E-state index contributed by atoms with van der Waals surface area (Å²) in [7, 11) is -2.96. The molecule has 1 N–H and O–H groups in total. The van der Waals surface area contributed by atoms with Crippen LogP contribution < -0.4 is 5.32 Å². The molecule has 104 valence electrons. The van der Waals surface area contributed by atoms with Crippen molar-refractivity contribution in [1.82, 2.24) is 10.2 Å². The number of likely N-dealkylation sites (N-methyl/N-ethyl adjacent to an activating group) is 1. The molecule has 1 aliphatic heterocycles. The Hall–Kier alpha value is -0.660. The van der Waals surface area contributed by atoms with E-state index in [1.54, 1.807) is 6.08 Å². The monoisotopic (exact) mass is 292 g/mol. The quantitative estimate of drug-likeness (QED) is 0.721. The molecule has 0 atom stereocenters. The van der Waals surface area contributed by atoms with Crippen LogP contribution in [0.4, 0.5) is 0 Å². The SMILES string of the molecule is CCN(CC)CCOC(=S)NC1=CCS(=O)(=O)C1. The van der Waals surface area contributed by atoms with Gasteiger partial charge in [-0.2, -0.15) is 0 Å². The van der Waals surface area contributed by atoms with E-state index >= 15 is 0 Å². The van der Waals surface area contributed by atoms with Crippen LogP contribution in [0.3, 0.4) is 0 Å². The predicted molar refractivity (Wildman–Crippen MR) is 76.2 cm³/mol. The summed E-state index contributed by atoms with van der Waals surface area (Å²) in [6.07, 6.45) is 1.63. The summed E-state index contributed by atoms with van der Waals surface area (Å²) in [5.41, 5.74) is 0.614. The maximum atomic E-state index is 11.2. The molecule has 0 amide bonds. The van der Waals surface area contributed by atoms with Crippen LogP contribution in [-0.4, -0.2) is 56.2 Å². The molecule has 0 aromatic rings. The molecule has 0 saturated carbocycles. The van der Waals surface area contributed by atoms with E-state index in [1.807, 2.05) is 0 Å². The fourth-order valence-electron chi connectivity index (χ4n) is 1.64. The van der Waals surface area contributed by atoms with Gasteiger partial charge in [-0.25, -0.2) is 8.42 Å². The molecule has 0 bridgehead atoms. The van der Waals surface area contributed by atoms with Gasteiger partial charge in [0.1, 0.15) is 6.61 Å². The van der Waals surface area contributed by atoms with Crippen molar-refractivity contribution in [3.05, 3.63) is 11.8 Å². The topological polar surface area (TPSA) is 58.6 Å². The van der Waals surface area contributed by atoms with Gasteiger partial charge in [-0.1, -0.05) is 13.8 Å². The molecule has 18 heavy (non-hydrogen) atoms. The first-order valence-electron chi connectivity index (χ1n) is 6.02. The lowest BCUT2D eigenvalue weighted by Crippen LogP contribution is -2.31. The molecule has 0 aliphatic carbocycles. The second kappa shape index (κ2) is 7.06. The van der Waals surface area contributed by atoms with E-state index in [1.165, 1.54) is 0 Å². The maximum absolute atomic E-state index is 11.2. The van der Waals surface area contributed by atoms with E-state index in [0.717, 1.165) is 19.6 Å². The van der Waals surface area contributed by atoms with Crippen LogP contribution in [0.1, 0.15) is 13.8 Å². The summed E-state index contributed by atoms with van der Waals surface area (Å²) in [5.74, 6) is 0.101. The van der Waals surface area contributed by atoms with Gasteiger partial charge in [0.05, 0.1) is 11.5 Å². The van der Waals surface area contributed by atoms with Crippen LogP contribution in [0, 0.1) is 0 Å². The van der Waals surface area contributed by atoms with Crippen LogP contribution in [0.15, 0.2) is 11.8 Å². The zero-order valence-electron chi connectivity index (χ0n) is 10.8. The minimum absolute atomic E-state index is 0.0204. The maximum Gasteiger partial charge on any atom is 0.260 e. The van der Waals surface area contributed by atoms with Crippen LogP contribution in [0.5, 0.6) is 0 Å². The minimum Gasteiger partial charge on any atom is -0.469 e. The van der Waals surface area contributed by atoms with Crippen LogP contribution >= 0.6 is 12.2 Å². The highest BCUT2D eigenvalue weighted by molar-refractivity contribution is 7.92. The second-order valence-corrected chi connectivity index (χ2v) is 6.55. The first kappa shape index (κ1) is 15.4. The first-order chi connectivity index (χ1) is 8.46. The third-order valence-electron chi connectivity index (χ3n) is 2.76. The van der Waals surface area contributed by atoms with Gasteiger partial charge < -0.3 is 15.0 Å². The van der Waals surface area contributed by atoms with Gasteiger partial charge in [-0.3, -0.25) is 0 Å². The van der Waals surface area contributed by atoms with Crippen molar-refractivity contribution >= 4 is 27.2 Å². The molecule has 1 heterocycles. The highest BCUT2D eigenvalue weighted by Crippen LogP contribution is 2.08. The van der Waals surface area contributed by atoms with Crippen molar-refractivity contribution in [2.45, 2.75) is 13.8 Å². The molecule has 0 saturated heterocycles. The van der Waals surface area contributed by atoms with E-state index in [2.05, 4.69) is 24.1 Å². The Kier molecular flexibility index (Phi) is 6.04. The Morgan fingerprint density at radius 1 is 1.50 bits per heavy atom. The lowest BCUT2D eigenvalue weighted by atomic mass is 10.5. The number of rotatable bonds is 6. The Labute approximate surface area is 114 Å². The minimum atomic E-state index is -2.96. The standard InChI is InChI=1S/C11H20N2O3S2/c1-3-13(4-2)6-7-16-11(17)12-10-5-8-18(14,15)9-10/h5H,3-4,6-9H2,1-2H3,(H,12,17). The van der Waals surface area contributed by atoms with Gasteiger partial charge in [0.15, 0.2) is 9.84 Å². The lowest BCUT2D eigenvalue weighted by molar-refractivity contribution is 0.214. The smallest absolute Gasteiger partial charge is 0.260 e. The Bertz CT molecular complexity index is 414. The largest absolute Gasteiger partial charge is 0.469 e. The molecule has 1 aliphatic rings. The lowest BCUT2D eigenvalue weighted by Gasteiger charge is -2.18. The van der Waals surface area contributed by atoms with Crippen LogP contribution in [0.2, 0.25) is 0 Å². The van der Waals surface area contributed by atoms with Gasteiger partial charge in [-0.05, 0) is 31.4 Å². The van der Waals surface area contributed by atoms with E-state index in [0.29, 0.717) is 12.3 Å². The zero-order chi connectivity index (χ0) is 13.6. The van der Waals surface area contributed by atoms with E-state index in [-0.39, 0.29) is 16.7 Å². The molecular weight excluding hydrogens is 272 g/mol. The highest BCUT2D eigenvalue weighted by Gasteiger charge is 2.20. The number of nitrogens with one attached hydrogen (secondary N) is 1. The Balaban J connectivity index is 2.23. The molecule has 0 spiro atoms. The summed E-state index contributed by atoms with van der Waals surface area (Å²) >= 11 is 5.00. The molecule has 5 nitrogen and oxygen atoms in total. The molecule has 0 radical (unpaired) electrons. The van der Waals surface area contributed by atoms with Gasteiger partial charge in [0.2, 0.25) is 0 Å². The zero-order valence-corrected chi connectivity index (χ0v) is 12.4. The van der Waals surface area contributed by atoms with Gasteiger partial charge >= 0.3 is 0 Å². The molecule has 0 fully saturated rings. The fourth-order valence-corrected chi connectivity index (χ4v) is 3.10. The average Bonchev–Trinajstić information content (AvgIpc) is 2.64. The Morgan fingerprint density at radius 3 is 2.67 bits per heavy atom. The van der Waals surface area contributed by atoms with E-state index in [9.17, 15) is 8.42 Å². The number of thiocarbonyl (C=S) groups is 1. The molecule has 0 aromatic heterocycles. The molecule has 7 heteroatoms. The van der Waals surface area contributed by atoms with Crippen molar-refractivity contribution in [1.29, 1.82) is 0 Å². The number of nitrogens with zero attached hydrogens (tertiary/aromatic N) is 1. The van der Waals surface area contributed by atoms with Crippen LogP contribution in [-0.2, 0) is 14.6 Å². The van der Waals surface area contributed by atoms with Gasteiger partial charge in [-0.15, -0.1) is 0 Å². The Morgan fingerprint density at radius 2 is 2.17 bits per heavy atom. The van der Waals surface area contributed by atoms with Crippen molar-refractivity contribution in [2.75, 3.05) is 37.7 Å². The normalized spacial score (nSPS) is 17.6. The number of hydrogen-bond donors (Lipinski definition) is 1. The first-order valence-corrected chi connectivity index (χ1v) is 8.25. The molecule has 0 aromatic carbocycles.